The van der Waals surface area contributed by atoms with E-state index < -0.39 is 52.4 Å². The number of nitrogens with zero attached hydrogens (tertiary/aromatic N) is 2. The summed E-state index contributed by atoms with van der Waals surface area (Å²) in [5, 5.41) is 49.7. The van der Waals surface area contributed by atoms with E-state index in [9.17, 15) is 33.6 Å². The third-order valence-electron chi connectivity index (χ3n) is 9.17. The summed E-state index contributed by atoms with van der Waals surface area (Å²) in [6.07, 6.45) is 1.93. The largest absolute Gasteiger partial charge is 0.490 e. The number of sulfone groups is 1. The quantitative estimate of drug-likeness (QED) is 0.0786. The zero-order chi connectivity index (χ0) is 37.5. The number of unbranched alkanes of at least 4 members (excludes halogenated alkanes) is 1. The summed E-state index contributed by atoms with van der Waals surface area (Å²) in [6, 6.07) is 15.8. The lowest BCUT2D eigenvalue weighted by atomic mass is 9.96. The predicted octanol–water partition coefficient (Wildman–Crippen LogP) is 3.33. The lowest BCUT2D eigenvalue weighted by Crippen LogP contribution is -2.53. The van der Waals surface area contributed by atoms with Gasteiger partial charge < -0.3 is 39.9 Å². The molecule has 2 aromatic carbocycles. The molecule has 0 unspecified atom stereocenters. The van der Waals surface area contributed by atoms with Crippen molar-refractivity contribution in [3.05, 3.63) is 77.1 Å². The highest BCUT2D eigenvalue weighted by Gasteiger charge is 2.48. The smallest absolute Gasteiger partial charge is 0.254 e. The van der Waals surface area contributed by atoms with Gasteiger partial charge in [0.15, 0.2) is 6.10 Å². The minimum absolute atomic E-state index is 0.0899. The fourth-order valence-corrected chi connectivity index (χ4v) is 7.48. The Bertz CT molecular complexity index is 1770. The highest BCUT2D eigenvalue weighted by molar-refractivity contribution is 7.99. The van der Waals surface area contributed by atoms with E-state index in [-0.39, 0.29) is 24.9 Å². The third kappa shape index (κ3) is 10.9. The maximum Gasteiger partial charge on any atom is 0.254 e. The second-order valence-corrected chi connectivity index (χ2v) is 17.3. The van der Waals surface area contributed by atoms with Gasteiger partial charge in [0, 0.05) is 52.8 Å². The van der Waals surface area contributed by atoms with Crippen molar-refractivity contribution in [2.75, 3.05) is 37.5 Å². The van der Waals surface area contributed by atoms with Crippen LogP contribution in [0.2, 0.25) is 5.02 Å². The summed E-state index contributed by atoms with van der Waals surface area (Å²) in [5.41, 5.74) is 3.45. The number of carbonyl (C=O) groups is 1. The zero-order valence-electron chi connectivity index (χ0n) is 29.0. The molecule has 12 nitrogen and oxygen atoms in total. The van der Waals surface area contributed by atoms with Crippen LogP contribution in [0, 0.1) is 0 Å². The summed E-state index contributed by atoms with van der Waals surface area (Å²) in [6.45, 7) is -0.726. The number of aliphatic hydroxyl groups is 5. The Kier molecular flexibility index (Phi) is 14.0. The van der Waals surface area contributed by atoms with Crippen LogP contribution in [-0.2, 0) is 31.6 Å². The number of amides is 1. The van der Waals surface area contributed by atoms with Crippen molar-refractivity contribution < 1.29 is 48.2 Å². The molecular formula is C37H47ClN2O10S2. The minimum atomic E-state index is -3.45. The number of hydrogen-bond acceptors (Lipinski definition) is 12. The highest BCUT2D eigenvalue weighted by atomic mass is 35.5. The molecule has 2 saturated carbocycles. The van der Waals surface area contributed by atoms with Gasteiger partial charge in [-0.1, -0.05) is 29.8 Å². The molecule has 0 saturated heterocycles. The van der Waals surface area contributed by atoms with Crippen molar-refractivity contribution in [3.63, 3.8) is 0 Å². The van der Waals surface area contributed by atoms with E-state index in [2.05, 4.69) is 11.1 Å². The monoisotopic (exact) mass is 778 g/mol. The van der Waals surface area contributed by atoms with Crippen LogP contribution in [0.25, 0.3) is 11.1 Å². The Morgan fingerprint density at radius 2 is 1.79 bits per heavy atom. The molecule has 0 bridgehead atoms. The molecule has 5 rings (SSSR count). The van der Waals surface area contributed by atoms with Crippen molar-refractivity contribution >= 4 is 39.1 Å². The van der Waals surface area contributed by atoms with Crippen LogP contribution in [0.1, 0.15) is 49.7 Å². The van der Waals surface area contributed by atoms with E-state index in [1.54, 1.807) is 18.0 Å². The maximum absolute atomic E-state index is 13.0. The fraction of sp³-hybridized carbons (Fsp3) is 0.514. The number of halogens is 1. The molecule has 5 N–H and O–H groups in total. The lowest BCUT2D eigenvalue weighted by molar-refractivity contribution is -0.158. The van der Waals surface area contributed by atoms with Crippen molar-refractivity contribution in [1.29, 1.82) is 0 Å². The molecule has 1 heterocycles. The van der Waals surface area contributed by atoms with Crippen LogP contribution >= 0.6 is 23.4 Å². The van der Waals surface area contributed by atoms with Crippen LogP contribution in [0.15, 0.2) is 65.8 Å². The lowest BCUT2D eigenvalue weighted by Gasteiger charge is -2.30. The topological polar surface area (TPSA) is 187 Å². The molecule has 52 heavy (non-hydrogen) atoms. The van der Waals surface area contributed by atoms with Crippen molar-refractivity contribution in [2.24, 2.45) is 0 Å². The van der Waals surface area contributed by atoms with Gasteiger partial charge in [0.1, 0.15) is 33.9 Å². The summed E-state index contributed by atoms with van der Waals surface area (Å²) in [7, 11) is -3.45. The number of ether oxygens (including phenoxy) is 2. The van der Waals surface area contributed by atoms with E-state index in [0.29, 0.717) is 30.2 Å². The van der Waals surface area contributed by atoms with Crippen molar-refractivity contribution in [2.45, 2.75) is 86.1 Å². The number of benzene rings is 2. The molecule has 0 spiro atoms. The van der Waals surface area contributed by atoms with E-state index in [1.165, 1.54) is 0 Å². The molecule has 2 fully saturated rings. The molecule has 15 heteroatoms. The first-order valence-corrected chi connectivity index (χ1v) is 20.8. The number of rotatable bonds is 21. The van der Waals surface area contributed by atoms with Gasteiger partial charge in [-0.3, -0.25) is 9.78 Å². The van der Waals surface area contributed by atoms with E-state index in [0.717, 1.165) is 69.7 Å². The van der Waals surface area contributed by atoms with Crippen molar-refractivity contribution in [3.8, 4) is 16.9 Å². The molecular weight excluding hydrogens is 732 g/mol. The van der Waals surface area contributed by atoms with Crippen LogP contribution < -0.4 is 4.74 Å². The van der Waals surface area contributed by atoms with Crippen LogP contribution in [0.5, 0.6) is 5.75 Å². The van der Waals surface area contributed by atoms with E-state index >= 15 is 0 Å². The Morgan fingerprint density at radius 1 is 1.04 bits per heavy atom. The van der Waals surface area contributed by atoms with Crippen LogP contribution in [-0.4, -0.2) is 118 Å². The Balaban J connectivity index is 1.16. The minimum Gasteiger partial charge on any atom is -0.490 e. The molecule has 2 aliphatic carbocycles. The van der Waals surface area contributed by atoms with Gasteiger partial charge in [-0.05, 0) is 85.7 Å². The Hall–Kier alpha value is -2.79. The molecule has 0 radical (unpaired) electrons. The van der Waals surface area contributed by atoms with Crippen LogP contribution in [0.3, 0.4) is 0 Å². The van der Waals surface area contributed by atoms with Gasteiger partial charge in [-0.2, -0.15) is 0 Å². The van der Waals surface area contributed by atoms with Crippen LogP contribution in [0.4, 0.5) is 0 Å². The first-order chi connectivity index (χ1) is 24.8. The molecule has 284 valence electrons. The summed E-state index contributed by atoms with van der Waals surface area (Å²) in [4.78, 5) is 19.5. The Morgan fingerprint density at radius 3 is 2.48 bits per heavy atom. The average Bonchev–Trinajstić information content (AvgIpc) is 4.08. The standard InChI is InChI=1S/C37H47ClN2O10S2/c1-52(47,48)19-17-40(36(46)35(45)34(44)33(43)31(42)22-41)16-4-5-18-51-26-10-11-30(38)24(20-26)23-49-37(13-14-37)29-21-39-15-12-27(29)28-6-2-3-7-32(28)50-25-8-9-25/h2-3,6-7,10-12,15,20-21,25,31,33-35,41-45H,4-5,8-9,13-14,16-19,22-23H2,1H3/t31-,33+,34-,35-/m0/s1. The Labute approximate surface area is 313 Å². The average molecular weight is 779 g/mol. The third-order valence-corrected chi connectivity index (χ3v) is 11.5. The van der Waals surface area contributed by atoms with Gasteiger partial charge in [-0.25, -0.2) is 8.42 Å². The normalized spacial score (nSPS) is 17.6. The number of hydrogen-bond donors (Lipinski definition) is 5. The molecule has 0 aliphatic heterocycles. The van der Waals surface area contributed by atoms with E-state index in [4.69, 9.17) is 26.2 Å². The molecule has 4 atom stereocenters. The van der Waals surface area contributed by atoms with Crippen molar-refractivity contribution in [1.82, 2.24) is 9.88 Å². The van der Waals surface area contributed by atoms with Gasteiger partial charge in [-0.15, -0.1) is 11.8 Å². The van der Waals surface area contributed by atoms with E-state index in [1.807, 2.05) is 48.7 Å². The predicted molar refractivity (Wildman–Crippen MR) is 198 cm³/mol. The van der Waals surface area contributed by atoms with Gasteiger partial charge >= 0.3 is 0 Å². The number of para-hydroxylation sites is 1. The zero-order valence-corrected chi connectivity index (χ0v) is 31.4. The number of carbonyl (C=O) groups excluding carboxylic acids is 1. The summed E-state index contributed by atoms with van der Waals surface area (Å²) < 4.78 is 36.4. The second-order valence-electron chi connectivity index (χ2n) is 13.5. The fourth-order valence-electron chi connectivity index (χ4n) is 5.78. The summed E-state index contributed by atoms with van der Waals surface area (Å²) in [5.74, 6) is 0.172. The number of aromatic nitrogens is 1. The summed E-state index contributed by atoms with van der Waals surface area (Å²) >= 11 is 8.20. The highest BCUT2D eigenvalue weighted by Crippen LogP contribution is 2.53. The molecule has 3 aromatic rings. The van der Waals surface area contributed by atoms with Gasteiger partial charge in [0.2, 0.25) is 0 Å². The molecule has 2 aliphatic rings. The SMILES string of the molecule is CS(=O)(=O)CCN(CCCCSc1ccc(Cl)c(COC2(c3cnccc3-c3ccccc3OC3CC3)CC2)c1)C(=O)[C@@H](O)[C@@H](O)[C@H](O)[C@@H](O)CO. The first-order valence-electron chi connectivity index (χ1n) is 17.4. The first kappa shape index (κ1) is 40.4. The molecule has 1 amide bonds. The maximum atomic E-state index is 13.0. The second kappa shape index (κ2) is 18.0. The number of thioether (sulfide) groups is 1. The molecule has 1 aromatic heterocycles. The number of pyridine rings is 1. The number of aliphatic hydroxyl groups excluding tert-OH is 5. The van der Waals surface area contributed by atoms with Gasteiger partial charge in [0.25, 0.3) is 5.91 Å². The van der Waals surface area contributed by atoms with Gasteiger partial charge in [0.05, 0.1) is 30.7 Å².